The Bertz CT molecular complexity index is 962. The lowest BCUT2D eigenvalue weighted by Crippen LogP contribution is -2.44. The summed E-state index contributed by atoms with van der Waals surface area (Å²) in [6.45, 7) is 1.96. The van der Waals surface area contributed by atoms with E-state index in [2.05, 4.69) is 17.4 Å². The summed E-state index contributed by atoms with van der Waals surface area (Å²) in [4.78, 5) is 37.3. The van der Waals surface area contributed by atoms with Gasteiger partial charge in [-0.15, -0.1) is 0 Å². The second-order valence-electron chi connectivity index (χ2n) is 8.04. The Hall–Kier alpha value is -3.39. The van der Waals surface area contributed by atoms with Crippen molar-refractivity contribution in [3.63, 3.8) is 0 Å². The lowest BCUT2D eigenvalue weighted by Gasteiger charge is -2.25. The predicted molar refractivity (Wildman–Crippen MR) is 123 cm³/mol. The molecule has 0 saturated carbocycles. The molecular weight excluding hydrogens is 424 g/mol. The van der Waals surface area contributed by atoms with Crippen molar-refractivity contribution in [1.29, 1.82) is 0 Å². The summed E-state index contributed by atoms with van der Waals surface area (Å²) >= 11 is 0. The first-order valence-electron chi connectivity index (χ1n) is 11.0. The van der Waals surface area contributed by atoms with Crippen molar-refractivity contribution in [3.05, 3.63) is 59.7 Å². The van der Waals surface area contributed by atoms with Crippen LogP contribution in [0.5, 0.6) is 0 Å². The topological polar surface area (TPSA) is 105 Å². The minimum absolute atomic E-state index is 0.0430. The van der Waals surface area contributed by atoms with Gasteiger partial charge in [-0.3, -0.25) is 4.79 Å². The van der Waals surface area contributed by atoms with E-state index in [9.17, 15) is 19.5 Å². The fraction of sp³-hybridized carbons (Fsp3) is 0.400. The van der Waals surface area contributed by atoms with Crippen molar-refractivity contribution >= 4 is 18.0 Å². The molecule has 1 aliphatic carbocycles. The highest BCUT2D eigenvalue weighted by Crippen LogP contribution is 2.44. The van der Waals surface area contributed by atoms with Gasteiger partial charge >= 0.3 is 12.1 Å². The molecule has 0 heterocycles. The number of fused-ring (bicyclic) bond motifs is 3. The number of ether oxygens (including phenoxy) is 2. The second kappa shape index (κ2) is 11.0. The minimum atomic E-state index is -1.06. The molecule has 176 valence electrons. The highest BCUT2D eigenvalue weighted by Gasteiger charge is 2.29. The molecule has 0 aliphatic heterocycles. The maximum atomic E-state index is 12.4. The lowest BCUT2D eigenvalue weighted by molar-refractivity contribution is -0.150. The molecule has 0 aromatic heterocycles. The number of amides is 2. The Labute approximate surface area is 193 Å². The van der Waals surface area contributed by atoms with E-state index in [4.69, 9.17) is 9.47 Å². The van der Waals surface area contributed by atoms with Gasteiger partial charge in [-0.1, -0.05) is 55.5 Å². The quantitative estimate of drug-likeness (QED) is 0.571. The smallest absolute Gasteiger partial charge is 0.407 e. The average molecular weight is 455 g/mol. The Morgan fingerprint density at radius 3 is 2.15 bits per heavy atom. The highest BCUT2D eigenvalue weighted by atomic mass is 16.5. The van der Waals surface area contributed by atoms with Crippen LogP contribution in [0.3, 0.4) is 0 Å². The zero-order valence-corrected chi connectivity index (χ0v) is 19.1. The van der Waals surface area contributed by atoms with Crippen molar-refractivity contribution < 1.29 is 29.0 Å². The number of benzene rings is 2. The molecular formula is C25H30N2O6. The first kappa shape index (κ1) is 24.3. The van der Waals surface area contributed by atoms with Crippen LogP contribution in [-0.4, -0.2) is 67.4 Å². The third-order valence-electron chi connectivity index (χ3n) is 6.09. The van der Waals surface area contributed by atoms with E-state index in [0.717, 1.165) is 22.3 Å². The van der Waals surface area contributed by atoms with E-state index >= 15 is 0 Å². The number of carboxylic acids is 1. The van der Waals surface area contributed by atoms with Gasteiger partial charge in [0.1, 0.15) is 12.6 Å². The van der Waals surface area contributed by atoms with Crippen LogP contribution in [-0.2, 0) is 19.1 Å². The average Bonchev–Trinajstić information content (AvgIpc) is 3.14. The van der Waals surface area contributed by atoms with Gasteiger partial charge < -0.3 is 24.8 Å². The molecule has 8 heteroatoms. The van der Waals surface area contributed by atoms with Crippen molar-refractivity contribution in [1.82, 2.24) is 10.2 Å². The maximum Gasteiger partial charge on any atom is 0.407 e. The summed E-state index contributed by atoms with van der Waals surface area (Å²) in [5.74, 6) is -1.47. The molecule has 0 bridgehead atoms. The molecule has 33 heavy (non-hydrogen) atoms. The molecule has 1 aliphatic rings. The van der Waals surface area contributed by atoms with Gasteiger partial charge in [0.25, 0.3) is 0 Å². The molecule has 2 aromatic rings. The molecule has 0 radical (unpaired) electrons. The molecule has 2 amide bonds. The molecule has 8 nitrogen and oxygen atoms in total. The molecule has 0 fully saturated rings. The number of hydrogen-bond donors (Lipinski definition) is 2. The van der Waals surface area contributed by atoms with E-state index in [1.54, 1.807) is 6.92 Å². The maximum absolute atomic E-state index is 12.4. The van der Waals surface area contributed by atoms with Gasteiger partial charge in [-0.05, 0) is 28.7 Å². The molecule has 2 aromatic carbocycles. The number of carbonyl (C=O) groups is 3. The Kier molecular flexibility index (Phi) is 8.06. The number of carbonyl (C=O) groups excluding carboxylic acids is 2. The summed E-state index contributed by atoms with van der Waals surface area (Å²) in [6.07, 6.45) is -0.961. The fourth-order valence-corrected chi connectivity index (χ4v) is 4.21. The van der Waals surface area contributed by atoms with E-state index in [0.29, 0.717) is 6.42 Å². The molecule has 0 saturated heterocycles. The Balaban J connectivity index is 1.53. The first-order valence-corrected chi connectivity index (χ1v) is 11.0. The largest absolute Gasteiger partial charge is 0.480 e. The number of hydrogen-bond acceptors (Lipinski definition) is 5. The normalized spacial score (nSPS) is 14.0. The SMILES string of the molecule is CCC(C(=O)O)N(C)C(=O)CC(CNC(=O)OCC1c2ccccc2-c2ccccc21)OC. The van der Waals surface area contributed by atoms with Crippen molar-refractivity contribution in [2.75, 3.05) is 27.3 Å². The summed E-state index contributed by atoms with van der Waals surface area (Å²) in [6, 6.07) is 15.3. The van der Waals surface area contributed by atoms with Crippen molar-refractivity contribution in [3.8, 4) is 11.1 Å². The van der Waals surface area contributed by atoms with Crippen LogP contribution in [0.4, 0.5) is 4.79 Å². The standard InChI is InChI=1S/C25H30N2O6/c1-4-22(24(29)30)27(2)23(28)13-16(32-3)14-26-25(31)33-15-21-19-11-7-5-9-17(19)18-10-6-8-12-20(18)21/h5-12,16,21-22H,4,13-15H2,1-3H3,(H,26,31)(H,29,30). The number of nitrogens with zero attached hydrogens (tertiary/aromatic N) is 1. The molecule has 2 N–H and O–H groups in total. The number of methoxy groups -OCH3 is 1. The molecule has 2 atom stereocenters. The van der Waals surface area contributed by atoms with E-state index in [1.165, 1.54) is 19.1 Å². The number of aliphatic carboxylic acids is 1. The summed E-state index contributed by atoms with van der Waals surface area (Å²) in [5, 5.41) is 11.9. The fourth-order valence-electron chi connectivity index (χ4n) is 4.21. The zero-order valence-electron chi connectivity index (χ0n) is 19.1. The summed E-state index contributed by atoms with van der Waals surface area (Å²) in [7, 11) is 2.89. The number of likely N-dealkylation sites (N-methyl/N-ethyl adjacent to an activating group) is 1. The molecule has 2 unspecified atom stereocenters. The summed E-state index contributed by atoms with van der Waals surface area (Å²) < 4.78 is 10.8. The third-order valence-corrected chi connectivity index (χ3v) is 6.09. The van der Waals surface area contributed by atoms with Gasteiger partial charge in [-0.25, -0.2) is 9.59 Å². The zero-order chi connectivity index (χ0) is 24.0. The van der Waals surface area contributed by atoms with E-state index in [1.807, 2.05) is 36.4 Å². The van der Waals surface area contributed by atoms with Crippen molar-refractivity contribution in [2.24, 2.45) is 0 Å². The van der Waals surface area contributed by atoms with Crippen LogP contribution >= 0.6 is 0 Å². The first-order chi connectivity index (χ1) is 15.9. The van der Waals surface area contributed by atoms with Gasteiger partial charge in [-0.2, -0.15) is 0 Å². The van der Waals surface area contributed by atoms with Gasteiger partial charge in [0.2, 0.25) is 5.91 Å². The van der Waals surface area contributed by atoms with Crippen LogP contribution in [0.25, 0.3) is 11.1 Å². The van der Waals surface area contributed by atoms with E-state index < -0.39 is 24.2 Å². The van der Waals surface area contributed by atoms with Gasteiger partial charge in [0.05, 0.1) is 12.5 Å². The van der Waals surface area contributed by atoms with Crippen LogP contribution in [0, 0.1) is 0 Å². The van der Waals surface area contributed by atoms with Crippen LogP contribution < -0.4 is 5.32 Å². The Morgan fingerprint density at radius 2 is 1.64 bits per heavy atom. The molecule has 3 rings (SSSR count). The summed E-state index contributed by atoms with van der Waals surface area (Å²) in [5.41, 5.74) is 4.55. The number of alkyl carbamates (subject to hydrolysis) is 1. The highest BCUT2D eigenvalue weighted by molar-refractivity contribution is 5.83. The monoisotopic (exact) mass is 454 g/mol. The lowest BCUT2D eigenvalue weighted by atomic mass is 9.98. The van der Waals surface area contributed by atoms with Crippen LogP contribution in [0.1, 0.15) is 36.8 Å². The predicted octanol–water partition coefficient (Wildman–Crippen LogP) is 3.25. The van der Waals surface area contributed by atoms with E-state index in [-0.39, 0.29) is 31.4 Å². The number of rotatable bonds is 10. The van der Waals surface area contributed by atoms with Crippen LogP contribution in [0.15, 0.2) is 48.5 Å². The third kappa shape index (κ3) is 5.51. The van der Waals surface area contributed by atoms with Gasteiger partial charge in [0, 0.05) is 26.6 Å². The molecule has 0 spiro atoms. The second-order valence-corrected chi connectivity index (χ2v) is 8.04. The number of nitrogens with one attached hydrogen (secondary N) is 1. The number of carboxylic acid groups (broad SMARTS) is 1. The van der Waals surface area contributed by atoms with Crippen molar-refractivity contribution in [2.45, 2.75) is 37.8 Å². The van der Waals surface area contributed by atoms with Crippen LogP contribution in [0.2, 0.25) is 0 Å². The van der Waals surface area contributed by atoms with Gasteiger partial charge in [0.15, 0.2) is 0 Å². The minimum Gasteiger partial charge on any atom is -0.480 e. The Morgan fingerprint density at radius 1 is 1.06 bits per heavy atom.